The molecule has 0 saturated heterocycles. The first-order valence-corrected chi connectivity index (χ1v) is 9.51. The van der Waals surface area contributed by atoms with Crippen molar-refractivity contribution in [1.29, 1.82) is 0 Å². The number of anilines is 2. The van der Waals surface area contributed by atoms with E-state index in [0.717, 1.165) is 29.8 Å². The Morgan fingerprint density at radius 1 is 1.12 bits per heavy atom. The molecule has 0 radical (unpaired) electrons. The van der Waals surface area contributed by atoms with Crippen LogP contribution in [0.5, 0.6) is 0 Å². The zero-order valence-electron chi connectivity index (χ0n) is 14.7. The first-order chi connectivity index (χ1) is 12.7. The Hall–Kier alpha value is -2.34. The minimum absolute atomic E-state index is 0.0594. The van der Waals surface area contributed by atoms with Crippen LogP contribution >= 0.6 is 0 Å². The smallest absolute Gasteiger partial charge is 0.243 e. The molecule has 26 heavy (non-hydrogen) atoms. The molecule has 2 aromatic heterocycles. The molecule has 3 heterocycles. The molecule has 134 valence electrons. The third-order valence-electron chi connectivity index (χ3n) is 6.10. The normalized spacial score (nSPS) is 21.3. The van der Waals surface area contributed by atoms with Crippen molar-refractivity contribution in [1.82, 2.24) is 15.0 Å². The summed E-state index contributed by atoms with van der Waals surface area (Å²) in [4.78, 5) is 28.1. The fourth-order valence-corrected chi connectivity index (χ4v) is 4.44. The number of amides is 1. The first kappa shape index (κ1) is 15.9. The van der Waals surface area contributed by atoms with E-state index in [4.69, 9.17) is 0 Å². The van der Waals surface area contributed by atoms with Crippen molar-refractivity contribution < 1.29 is 9.90 Å². The number of hydrogen-bond donors (Lipinski definition) is 1. The highest BCUT2D eigenvalue weighted by Crippen LogP contribution is 2.58. The van der Waals surface area contributed by atoms with E-state index < -0.39 is 5.41 Å². The molecule has 0 atom stereocenters. The van der Waals surface area contributed by atoms with Crippen LogP contribution in [0.3, 0.4) is 0 Å². The maximum atomic E-state index is 13.1. The maximum absolute atomic E-state index is 13.1. The fourth-order valence-electron chi connectivity index (χ4n) is 4.44. The largest absolute Gasteiger partial charge is 0.388 e. The Morgan fingerprint density at radius 2 is 1.92 bits per heavy atom. The Balaban J connectivity index is 1.51. The van der Waals surface area contributed by atoms with E-state index in [9.17, 15) is 9.90 Å². The van der Waals surface area contributed by atoms with Gasteiger partial charge in [-0.2, -0.15) is 0 Å². The van der Waals surface area contributed by atoms with E-state index in [1.165, 1.54) is 32.1 Å². The number of carbonyl (C=O) groups is 1. The highest BCUT2D eigenvalue weighted by Gasteiger charge is 2.60. The van der Waals surface area contributed by atoms with Crippen LogP contribution in [0.25, 0.3) is 0 Å². The number of aliphatic hydroxyl groups is 1. The molecule has 0 bridgehead atoms. The number of aliphatic hydroxyl groups excluding tert-OH is 1. The summed E-state index contributed by atoms with van der Waals surface area (Å²) in [6.45, 7) is -0.235. The molecule has 1 amide bonds. The van der Waals surface area contributed by atoms with E-state index in [1.54, 1.807) is 17.3 Å². The molecule has 1 spiro atoms. The fraction of sp³-hybridized carbons (Fsp3) is 0.500. The molecular formula is C20H22N4O2. The molecule has 2 saturated carbocycles. The van der Waals surface area contributed by atoms with Crippen LogP contribution in [-0.2, 0) is 16.8 Å². The van der Waals surface area contributed by atoms with Crippen LogP contribution in [0, 0.1) is 0 Å². The molecule has 1 aliphatic heterocycles. The molecule has 1 N–H and O–H groups in total. The number of pyridine rings is 1. The van der Waals surface area contributed by atoms with Crippen molar-refractivity contribution in [3.05, 3.63) is 41.6 Å². The SMILES string of the molecule is O=C1N(c2ccc(C3CCCCC3)nc2)c2nc(CO)ncc2C12CC2. The van der Waals surface area contributed by atoms with Crippen molar-refractivity contribution >= 4 is 17.4 Å². The quantitative estimate of drug-likeness (QED) is 0.920. The monoisotopic (exact) mass is 350 g/mol. The Bertz CT molecular complexity index is 855. The second kappa shape index (κ2) is 5.84. The van der Waals surface area contributed by atoms with Gasteiger partial charge in [0, 0.05) is 23.4 Å². The predicted octanol–water partition coefficient (Wildman–Crippen LogP) is 3.12. The highest BCUT2D eigenvalue weighted by molar-refractivity contribution is 6.13. The van der Waals surface area contributed by atoms with Gasteiger partial charge < -0.3 is 5.11 Å². The first-order valence-electron chi connectivity index (χ1n) is 9.51. The van der Waals surface area contributed by atoms with Crippen molar-refractivity contribution in [2.24, 2.45) is 0 Å². The van der Waals surface area contributed by atoms with Crippen LogP contribution in [0.1, 0.15) is 67.9 Å². The van der Waals surface area contributed by atoms with Gasteiger partial charge in [-0.1, -0.05) is 19.3 Å². The molecule has 2 aromatic rings. The van der Waals surface area contributed by atoms with E-state index >= 15 is 0 Å². The molecule has 0 unspecified atom stereocenters. The van der Waals surface area contributed by atoms with Gasteiger partial charge in [0.05, 0.1) is 17.3 Å². The van der Waals surface area contributed by atoms with Crippen molar-refractivity contribution in [3.8, 4) is 0 Å². The summed E-state index contributed by atoms with van der Waals surface area (Å²) in [6, 6.07) is 4.05. The molecule has 0 aromatic carbocycles. The minimum Gasteiger partial charge on any atom is -0.388 e. The average Bonchev–Trinajstić information content (AvgIpc) is 3.47. The van der Waals surface area contributed by atoms with Gasteiger partial charge in [-0.25, -0.2) is 9.97 Å². The number of fused-ring (bicyclic) bond motifs is 2. The molecule has 6 nitrogen and oxygen atoms in total. The lowest BCUT2D eigenvalue weighted by molar-refractivity contribution is -0.119. The highest BCUT2D eigenvalue weighted by atomic mass is 16.3. The second-order valence-corrected chi connectivity index (χ2v) is 7.68. The second-order valence-electron chi connectivity index (χ2n) is 7.68. The summed E-state index contributed by atoms with van der Waals surface area (Å²) in [7, 11) is 0. The summed E-state index contributed by atoms with van der Waals surface area (Å²) >= 11 is 0. The zero-order valence-corrected chi connectivity index (χ0v) is 14.7. The summed E-state index contributed by atoms with van der Waals surface area (Å²) in [6.07, 6.45) is 11.5. The van der Waals surface area contributed by atoms with Gasteiger partial charge >= 0.3 is 0 Å². The van der Waals surface area contributed by atoms with Gasteiger partial charge in [-0.3, -0.25) is 14.7 Å². The van der Waals surface area contributed by atoms with E-state index in [2.05, 4.69) is 21.0 Å². The van der Waals surface area contributed by atoms with Gasteiger partial charge in [-0.05, 0) is 37.8 Å². The summed E-state index contributed by atoms with van der Waals surface area (Å²) in [5.41, 5.74) is 2.31. The van der Waals surface area contributed by atoms with Crippen molar-refractivity contribution in [2.45, 2.75) is 62.9 Å². The Labute approximate surface area is 152 Å². The van der Waals surface area contributed by atoms with Gasteiger partial charge in [0.15, 0.2) is 5.82 Å². The molecule has 5 rings (SSSR count). The van der Waals surface area contributed by atoms with Crippen LogP contribution in [0.15, 0.2) is 24.5 Å². The van der Waals surface area contributed by atoms with Gasteiger partial charge in [0.1, 0.15) is 12.4 Å². The molecule has 6 heteroatoms. The van der Waals surface area contributed by atoms with Crippen LogP contribution in [0.4, 0.5) is 11.5 Å². The minimum atomic E-state index is -0.453. The van der Waals surface area contributed by atoms with E-state index in [-0.39, 0.29) is 12.5 Å². The topological polar surface area (TPSA) is 79.2 Å². The number of hydrogen-bond acceptors (Lipinski definition) is 5. The Kier molecular flexibility index (Phi) is 3.57. The summed E-state index contributed by atoms with van der Waals surface area (Å²) in [5, 5.41) is 9.38. The van der Waals surface area contributed by atoms with Crippen LogP contribution < -0.4 is 4.90 Å². The van der Waals surface area contributed by atoms with Crippen molar-refractivity contribution in [2.75, 3.05) is 4.90 Å². The number of nitrogens with zero attached hydrogens (tertiary/aromatic N) is 4. The van der Waals surface area contributed by atoms with Crippen LogP contribution in [-0.4, -0.2) is 26.0 Å². The number of aromatic nitrogens is 3. The lowest BCUT2D eigenvalue weighted by Crippen LogP contribution is -2.28. The third-order valence-corrected chi connectivity index (χ3v) is 6.10. The summed E-state index contributed by atoms with van der Waals surface area (Å²) in [5.74, 6) is 1.55. The number of carbonyl (C=O) groups excluding carboxylic acids is 1. The predicted molar refractivity (Wildman–Crippen MR) is 96.1 cm³/mol. The third kappa shape index (κ3) is 2.28. The lowest BCUT2D eigenvalue weighted by atomic mass is 9.87. The van der Waals surface area contributed by atoms with Gasteiger partial charge in [0.25, 0.3) is 0 Å². The molecular weight excluding hydrogens is 328 g/mol. The zero-order chi connectivity index (χ0) is 17.7. The molecule has 3 aliphatic rings. The van der Waals surface area contributed by atoms with Crippen LogP contribution in [0.2, 0.25) is 0 Å². The Morgan fingerprint density at radius 3 is 2.58 bits per heavy atom. The standard InChI is InChI=1S/C20H22N4O2/c25-12-17-22-11-15-18(23-17)24(19(26)20(15)8-9-20)14-6-7-16(21-10-14)13-4-2-1-3-5-13/h6-7,10-11,13,25H,1-5,8-9,12H2. The molecule has 2 fully saturated rings. The van der Waals surface area contributed by atoms with Crippen molar-refractivity contribution in [3.63, 3.8) is 0 Å². The van der Waals surface area contributed by atoms with E-state index in [0.29, 0.717) is 17.6 Å². The lowest BCUT2D eigenvalue weighted by Gasteiger charge is -2.22. The summed E-state index contributed by atoms with van der Waals surface area (Å²) < 4.78 is 0. The van der Waals surface area contributed by atoms with Gasteiger partial charge in [-0.15, -0.1) is 0 Å². The molecule has 2 aliphatic carbocycles. The van der Waals surface area contributed by atoms with Gasteiger partial charge in [0.2, 0.25) is 5.91 Å². The average molecular weight is 350 g/mol. The number of rotatable bonds is 3. The van der Waals surface area contributed by atoms with E-state index in [1.807, 2.05) is 6.07 Å². The maximum Gasteiger partial charge on any atom is 0.243 e.